The first-order valence-corrected chi connectivity index (χ1v) is 4.80. The number of hydrogen-bond acceptors (Lipinski definition) is 0. The molecule has 1 aliphatic carbocycles. The summed E-state index contributed by atoms with van der Waals surface area (Å²) in [5.74, 6) is 0. The molecule has 14 heavy (non-hydrogen) atoms. The van der Waals surface area contributed by atoms with Gasteiger partial charge in [-0.25, -0.2) is 0 Å². The molecule has 0 fully saturated rings. The third-order valence-electron chi connectivity index (χ3n) is 2.38. The van der Waals surface area contributed by atoms with Crippen LogP contribution in [-0.4, -0.2) is 0 Å². The lowest BCUT2D eigenvalue weighted by Gasteiger charge is -2.06. The van der Waals surface area contributed by atoms with E-state index >= 15 is 0 Å². The maximum Gasteiger partial charge on any atom is -0.0187 e. The Kier molecular flexibility index (Phi) is 3.70. The summed E-state index contributed by atoms with van der Waals surface area (Å²) in [5, 5.41) is 0. The number of hydrogen-bond donors (Lipinski definition) is 0. The SMILES string of the molecule is C.Cc1ccc(C2=CCCC=C2)cc1. The zero-order valence-electron chi connectivity index (χ0n) is 7.96. The zero-order valence-corrected chi connectivity index (χ0v) is 7.96. The van der Waals surface area contributed by atoms with Gasteiger partial charge in [0.15, 0.2) is 0 Å². The molecule has 0 heterocycles. The fourth-order valence-corrected chi connectivity index (χ4v) is 1.57. The van der Waals surface area contributed by atoms with E-state index in [0.29, 0.717) is 0 Å². The molecule has 74 valence electrons. The number of allylic oxidation sites excluding steroid dienone is 4. The molecule has 1 aromatic rings. The van der Waals surface area contributed by atoms with Crippen molar-refractivity contribution < 1.29 is 0 Å². The summed E-state index contributed by atoms with van der Waals surface area (Å²) in [6.45, 7) is 2.12. The first kappa shape index (κ1) is 10.8. The highest BCUT2D eigenvalue weighted by atomic mass is 14.0. The van der Waals surface area contributed by atoms with E-state index in [1.807, 2.05) is 0 Å². The summed E-state index contributed by atoms with van der Waals surface area (Å²) in [4.78, 5) is 0. The van der Waals surface area contributed by atoms with Crippen molar-refractivity contribution in [1.82, 2.24) is 0 Å². The smallest absolute Gasteiger partial charge is 0.0187 e. The van der Waals surface area contributed by atoms with Gasteiger partial charge in [0, 0.05) is 0 Å². The van der Waals surface area contributed by atoms with Crippen molar-refractivity contribution in [1.29, 1.82) is 0 Å². The van der Waals surface area contributed by atoms with Crippen LogP contribution in [0.15, 0.2) is 42.5 Å². The van der Waals surface area contributed by atoms with Gasteiger partial charge in [0.25, 0.3) is 0 Å². The Bertz CT molecular complexity index is 339. The molecule has 0 radical (unpaired) electrons. The normalized spacial score (nSPS) is 14.5. The molecule has 0 aliphatic heterocycles. The number of benzene rings is 1. The van der Waals surface area contributed by atoms with E-state index in [0.717, 1.165) is 0 Å². The first-order chi connectivity index (χ1) is 6.36. The summed E-state index contributed by atoms with van der Waals surface area (Å²) in [7, 11) is 0. The second-order valence-electron chi connectivity index (χ2n) is 3.51. The lowest BCUT2D eigenvalue weighted by Crippen LogP contribution is -1.85. The second kappa shape index (κ2) is 4.80. The van der Waals surface area contributed by atoms with Gasteiger partial charge in [-0.15, -0.1) is 0 Å². The molecular weight excluding hydrogens is 168 g/mol. The van der Waals surface area contributed by atoms with E-state index in [2.05, 4.69) is 49.4 Å². The lowest BCUT2D eigenvalue weighted by molar-refractivity contribution is 1.04. The van der Waals surface area contributed by atoms with Crippen molar-refractivity contribution in [2.24, 2.45) is 0 Å². The Morgan fingerprint density at radius 3 is 2.29 bits per heavy atom. The molecule has 0 heteroatoms. The third kappa shape index (κ3) is 2.35. The van der Waals surface area contributed by atoms with E-state index < -0.39 is 0 Å². The van der Waals surface area contributed by atoms with Crippen LogP contribution in [0.1, 0.15) is 31.4 Å². The highest BCUT2D eigenvalue weighted by Crippen LogP contribution is 2.21. The quantitative estimate of drug-likeness (QED) is 0.611. The van der Waals surface area contributed by atoms with Crippen LogP contribution in [-0.2, 0) is 0 Å². The van der Waals surface area contributed by atoms with Gasteiger partial charge in [-0.2, -0.15) is 0 Å². The van der Waals surface area contributed by atoms with Crippen LogP contribution in [0.4, 0.5) is 0 Å². The molecule has 0 bridgehead atoms. The highest BCUT2D eigenvalue weighted by Gasteiger charge is 1.99. The summed E-state index contributed by atoms with van der Waals surface area (Å²) >= 11 is 0. The van der Waals surface area contributed by atoms with Crippen LogP contribution in [0.25, 0.3) is 5.57 Å². The van der Waals surface area contributed by atoms with Gasteiger partial charge in [0.1, 0.15) is 0 Å². The molecule has 0 amide bonds. The predicted molar refractivity (Wildman–Crippen MR) is 64.3 cm³/mol. The van der Waals surface area contributed by atoms with Gasteiger partial charge in [-0.3, -0.25) is 0 Å². The molecule has 0 N–H and O–H groups in total. The molecule has 1 aliphatic rings. The molecule has 0 nitrogen and oxygen atoms in total. The highest BCUT2D eigenvalue weighted by molar-refractivity contribution is 5.74. The minimum atomic E-state index is 0. The van der Waals surface area contributed by atoms with Gasteiger partial charge in [0.05, 0.1) is 0 Å². The van der Waals surface area contributed by atoms with Crippen molar-refractivity contribution in [2.75, 3.05) is 0 Å². The molecule has 0 atom stereocenters. The Morgan fingerprint density at radius 2 is 1.71 bits per heavy atom. The van der Waals surface area contributed by atoms with Crippen LogP contribution in [0.5, 0.6) is 0 Å². The monoisotopic (exact) mass is 186 g/mol. The van der Waals surface area contributed by atoms with E-state index in [-0.39, 0.29) is 7.43 Å². The number of aryl methyl sites for hydroxylation is 1. The van der Waals surface area contributed by atoms with Gasteiger partial charge >= 0.3 is 0 Å². The van der Waals surface area contributed by atoms with E-state index in [1.165, 1.54) is 29.5 Å². The van der Waals surface area contributed by atoms with Crippen LogP contribution >= 0.6 is 0 Å². The van der Waals surface area contributed by atoms with Crippen molar-refractivity contribution in [3.8, 4) is 0 Å². The van der Waals surface area contributed by atoms with Crippen molar-refractivity contribution in [3.05, 3.63) is 53.6 Å². The summed E-state index contributed by atoms with van der Waals surface area (Å²) < 4.78 is 0. The minimum Gasteiger partial charge on any atom is -0.0836 e. The van der Waals surface area contributed by atoms with Gasteiger partial charge in [0.2, 0.25) is 0 Å². The molecular formula is C14H18. The zero-order chi connectivity index (χ0) is 9.10. The number of rotatable bonds is 1. The minimum absolute atomic E-state index is 0. The summed E-state index contributed by atoms with van der Waals surface area (Å²) in [5.41, 5.74) is 4.02. The Balaban J connectivity index is 0.000000980. The average Bonchev–Trinajstić information content (AvgIpc) is 2.20. The van der Waals surface area contributed by atoms with Crippen molar-refractivity contribution >= 4 is 5.57 Å². The third-order valence-corrected chi connectivity index (χ3v) is 2.38. The maximum absolute atomic E-state index is 2.31. The standard InChI is InChI=1S/C13H14.CH4/c1-11-7-9-13(10-8-11)12-5-3-2-4-6-12;/h3,5-10H,2,4H2,1H3;1H4. The average molecular weight is 186 g/mol. The van der Waals surface area contributed by atoms with Gasteiger partial charge in [-0.05, 0) is 30.9 Å². The van der Waals surface area contributed by atoms with E-state index in [9.17, 15) is 0 Å². The molecule has 1 aromatic carbocycles. The fraction of sp³-hybridized carbons (Fsp3) is 0.286. The van der Waals surface area contributed by atoms with Crippen LogP contribution in [0, 0.1) is 6.92 Å². The van der Waals surface area contributed by atoms with Crippen molar-refractivity contribution in [3.63, 3.8) is 0 Å². The summed E-state index contributed by atoms with van der Waals surface area (Å²) in [6.07, 6.45) is 9.14. The second-order valence-corrected chi connectivity index (χ2v) is 3.51. The van der Waals surface area contributed by atoms with E-state index in [1.54, 1.807) is 0 Å². The van der Waals surface area contributed by atoms with Gasteiger partial charge < -0.3 is 0 Å². The molecule has 2 rings (SSSR count). The Labute approximate surface area is 87.0 Å². The van der Waals surface area contributed by atoms with Gasteiger partial charge in [-0.1, -0.05) is 55.5 Å². The summed E-state index contributed by atoms with van der Waals surface area (Å²) in [6, 6.07) is 8.71. The predicted octanol–water partition coefficient (Wildman–Crippen LogP) is 4.36. The molecule has 0 saturated carbocycles. The largest absolute Gasteiger partial charge is 0.0836 e. The van der Waals surface area contributed by atoms with Crippen molar-refractivity contribution in [2.45, 2.75) is 27.2 Å². The van der Waals surface area contributed by atoms with Crippen LogP contribution < -0.4 is 0 Å². The lowest BCUT2D eigenvalue weighted by atomic mass is 9.99. The maximum atomic E-state index is 2.31. The molecule has 0 aromatic heterocycles. The first-order valence-electron chi connectivity index (χ1n) is 4.80. The topological polar surface area (TPSA) is 0 Å². The Hall–Kier alpha value is -1.30. The molecule has 0 saturated heterocycles. The fourth-order valence-electron chi connectivity index (χ4n) is 1.57. The van der Waals surface area contributed by atoms with Crippen LogP contribution in [0.3, 0.4) is 0 Å². The van der Waals surface area contributed by atoms with Crippen LogP contribution in [0.2, 0.25) is 0 Å². The Morgan fingerprint density at radius 1 is 1.00 bits per heavy atom. The molecule has 0 unspecified atom stereocenters. The van der Waals surface area contributed by atoms with E-state index in [4.69, 9.17) is 0 Å². The molecule has 0 spiro atoms.